The Labute approximate surface area is 155 Å². The van der Waals surface area contributed by atoms with Crippen molar-refractivity contribution >= 4 is 18.3 Å². The Kier molecular flexibility index (Phi) is 5.98. The minimum atomic E-state index is -4.70. The highest BCUT2D eigenvalue weighted by molar-refractivity contribution is 5.95. The van der Waals surface area contributed by atoms with Crippen LogP contribution in [0.5, 0.6) is 0 Å². The van der Waals surface area contributed by atoms with Crippen LogP contribution in [0.25, 0.3) is 5.69 Å². The summed E-state index contributed by atoms with van der Waals surface area (Å²) in [5.74, 6) is -0.521. The largest absolute Gasteiger partial charge is 0.434 e. The lowest BCUT2D eigenvalue weighted by molar-refractivity contribution is -0.143. The second kappa shape index (κ2) is 7.67. The summed E-state index contributed by atoms with van der Waals surface area (Å²) in [5, 5.41) is 3.87. The quantitative estimate of drug-likeness (QED) is 0.879. The van der Waals surface area contributed by atoms with Gasteiger partial charge in [0, 0.05) is 13.1 Å². The van der Waals surface area contributed by atoms with Gasteiger partial charge in [0.2, 0.25) is 0 Å². The average Bonchev–Trinajstić information content (AvgIpc) is 3.21. The zero-order chi connectivity index (χ0) is 18.2. The number of nitrogens with two attached hydrogens (primary N) is 1. The van der Waals surface area contributed by atoms with Gasteiger partial charge in [-0.05, 0) is 37.4 Å². The van der Waals surface area contributed by atoms with Crippen LogP contribution in [0.1, 0.15) is 28.0 Å². The first-order chi connectivity index (χ1) is 11.8. The van der Waals surface area contributed by atoms with E-state index in [9.17, 15) is 18.0 Å². The molecule has 1 unspecified atom stereocenters. The fraction of sp³-hybridized carbons (Fsp3) is 0.412. The van der Waals surface area contributed by atoms with E-state index in [0.29, 0.717) is 37.3 Å². The Hall–Kier alpha value is -2.06. The topological polar surface area (TPSA) is 64.2 Å². The van der Waals surface area contributed by atoms with Crippen molar-refractivity contribution in [3.8, 4) is 5.69 Å². The summed E-state index contributed by atoms with van der Waals surface area (Å²) < 4.78 is 41.9. The first-order valence-corrected chi connectivity index (χ1v) is 8.03. The number of carbonyl (C=O) groups is 1. The summed E-state index contributed by atoms with van der Waals surface area (Å²) in [4.78, 5) is 14.1. The van der Waals surface area contributed by atoms with Crippen LogP contribution in [-0.2, 0) is 6.18 Å². The van der Waals surface area contributed by atoms with Gasteiger partial charge in [-0.25, -0.2) is 4.68 Å². The molecule has 1 saturated heterocycles. The molecular weight excluding hydrogens is 369 g/mol. The van der Waals surface area contributed by atoms with E-state index < -0.39 is 23.3 Å². The van der Waals surface area contributed by atoms with E-state index in [0.717, 1.165) is 10.9 Å². The summed E-state index contributed by atoms with van der Waals surface area (Å²) in [7, 11) is 0. The van der Waals surface area contributed by atoms with E-state index in [2.05, 4.69) is 5.10 Å². The third-order valence-corrected chi connectivity index (χ3v) is 4.52. The van der Waals surface area contributed by atoms with Crippen molar-refractivity contribution in [1.29, 1.82) is 0 Å². The Morgan fingerprint density at radius 1 is 1.35 bits per heavy atom. The van der Waals surface area contributed by atoms with E-state index in [1.165, 1.54) is 4.90 Å². The van der Waals surface area contributed by atoms with Crippen LogP contribution in [0.2, 0.25) is 0 Å². The number of amides is 1. The molecular formula is C17H20ClF3N4O. The SMILES string of the molecule is Cc1ccccc1-n1ncc(C(=O)N2CCC(CN)C2)c1C(F)(F)F.Cl. The smallest absolute Gasteiger partial charge is 0.338 e. The molecule has 2 N–H and O–H groups in total. The highest BCUT2D eigenvalue weighted by Gasteiger charge is 2.42. The van der Waals surface area contributed by atoms with E-state index >= 15 is 0 Å². The molecule has 1 amide bonds. The number of alkyl halides is 3. The molecule has 0 aliphatic carbocycles. The molecule has 2 heterocycles. The fourth-order valence-electron chi connectivity index (χ4n) is 3.14. The van der Waals surface area contributed by atoms with Gasteiger partial charge >= 0.3 is 6.18 Å². The first kappa shape index (κ1) is 20.3. The summed E-state index contributed by atoms with van der Waals surface area (Å²) in [6.07, 6.45) is -2.99. The highest BCUT2D eigenvalue weighted by atomic mass is 35.5. The number of para-hydroxylation sites is 1. The Morgan fingerprint density at radius 3 is 2.62 bits per heavy atom. The molecule has 0 radical (unpaired) electrons. The maximum atomic E-state index is 13.7. The molecule has 9 heteroatoms. The van der Waals surface area contributed by atoms with E-state index in [1.807, 2.05) is 0 Å². The Morgan fingerprint density at radius 2 is 2.04 bits per heavy atom. The van der Waals surface area contributed by atoms with Crippen molar-refractivity contribution in [2.75, 3.05) is 19.6 Å². The molecule has 1 aliphatic heterocycles. The number of aromatic nitrogens is 2. The van der Waals surface area contributed by atoms with Crippen LogP contribution in [-0.4, -0.2) is 40.2 Å². The van der Waals surface area contributed by atoms with E-state index in [4.69, 9.17) is 5.73 Å². The van der Waals surface area contributed by atoms with Crippen LogP contribution in [0, 0.1) is 12.8 Å². The predicted octanol–water partition coefficient (Wildman–Crippen LogP) is 3.04. The molecule has 142 valence electrons. The lowest BCUT2D eigenvalue weighted by Gasteiger charge is -2.18. The summed E-state index contributed by atoms with van der Waals surface area (Å²) >= 11 is 0. The summed E-state index contributed by atoms with van der Waals surface area (Å²) in [5.41, 5.74) is 5.07. The number of nitrogens with zero attached hydrogens (tertiary/aromatic N) is 3. The van der Waals surface area contributed by atoms with Crippen LogP contribution >= 0.6 is 12.4 Å². The Balaban J connectivity index is 0.00000243. The maximum Gasteiger partial charge on any atom is 0.434 e. The lowest BCUT2D eigenvalue weighted by Crippen LogP contribution is -2.31. The molecule has 0 bridgehead atoms. The van der Waals surface area contributed by atoms with Crippen molar-refractivity contribution in [2.24, 2.45) is 11.7 Å². The fourth-order valence-corrected chi connectivity index (χ4v) is 3.14. The van der Waals surface area contributed by atoms with E-state index in [1.54, 1.807) is 31.2 Å². The minimum absolute atomic E-state index is 0. The van der Waals surface area contributed by atoms with Crippen LogP contribution in [0.15, 0.2) is 30.5 Å². The molecule has 1 aliphatic rings. The number of carbonyl (C=O) groups excluding carboxylic acids is 1. The summed E-state index contributed by atoms with van der Waals surface area (Å²) in [6.45, 7) is 2.90. The van der Waals surface area contributed by atoms with Crippen LogP contribution in [0.4, 0.5) is 13.2 Å². The Bertz CT molecular complexity index is 791. The number of benzene rings is 1. The van der Waals surface area contributed by atoms with E-state index in [-0.39, 0.29) is 18.3 Å². The number of hydrogen-bond acceptors (Lipinski definition) is 3. The number of rotatable bonds is 3. The molecule has 1 aromatic carbocycles. The van der Waals surface area contributed by atoms with Crippen molar-refractivity contribution < 1.29 is 18.0 Å². The van der Waals surface area contributed by atoms with Crippen molar-refractivity contribution in [2.45, 2.75) is 19.5 Å². The van der Waals surface area contributed by atoms with Gasteiger partial charge in [0.15, 0.2) is 5.69 Å². The maximum absolute atomic E-state index is 13.7. The van der Waals surface area contributed by atoms with Gasteiger partial charge in [0.25, 0.3) is 5.91 Å². The third kappa shape index (κ3) is 3.71. The number of hydrogen-bond donors (Lipinski definition) is 1. The second-order valence-electron chi connectivity index (χ2n) is 6.24. The molecule has 1 atom stereocenters. The van der Waals surface area contributed by atoms with Gasteiger partial charge in [-0.15, -0.1) is 12.4 Å². The van der Waals surface area contributed by atoms with Crippen LogP contribution in [0.3, 0.4) is 0 Å². The van der Waals surface area contributed by atoms with Gasteiger partial charge in [0.05, 0.1) is 17.4 Å². The molecule has 1 fully saturated rings. The number of aryl methyl sites for hydroxylation is 1. The molecule has 2 aromatic rings. The third-order valence-electron chi connectivity index (χ3n) is 4.52. The molecule has 5 nitrogen and oxygen atoms in total. The van der Waals surface area contributed by atoms with Gasteiger partial charge in [-0.2, -0.15) is 18.3 Å². The number of halogens is 4. The standard InChI is InChI=1S/C17H19F3N4O.ClH/c1-11-4-2-3-5-14(11)24-15(17(18,19)20)13(9-22-24)16(25)23-7-6-12(8-21)10-23;/h2-5,9,12H,6-8,10,21H2,1H3;1H. The molecule has 0 saturated carbocycles. The van der Waals surface area contributed by atoms with Crippen molar-refractivity contribution in [3.63, 3.8) is 0 Å². The zero-order valence-electron chi connectivity index (χ0n) is 14.2. The van der Waals surface area contributed by atoms with Gasteiger partial charge in [0.1, 0.15) is 0 Å². The molecule has 0 spiro atoms. The van der Waals surface area contributed by atoms with Gasteiger partial charge < -0.3 is 10.6 Å². The highest BCUT2D eigenvalue weighted by Crippen LogP contribution is 2.35. The zero-order valence-corrected chi connectivity index (χ0v) is 15.0. The summed E-state index contributed by atoms with van der Waals surface area (Å²) in [6, 6.07) is 6.62. The minimum Gasteiger partial charge on any atom is -0.338 e. The molecule has 26 heavy (non-hydrogen) atoms. The van der Waals surface area contributed by atoms with Gasteiger partial charge in [-0.1, -0.05) is 18.2 Å². The molecule has 1 aromatic heterocycles. The number of likely N-dealkylation sites (tertiary alicyclic amines) is 1. The predicted molar refractivity (Wildman–Crippen MR) is 93.6 cm³/mol. The van der Waals surface area contributed by atoms with Gasteiger partial charge in [-0.3, -0.25) is 4.79 Å². The lowest BCUT2D eigenvalue weighted by atomic mass is 10.1. The monoisotopic (exact) mass is 388 g/mol. The van der Waals surface area contributed by atoms with Crippen molar-refractivity contribution in [3.05, 3.63) is 47.3 Å². The van der Waals surface area contributed by atoms with Crippen LogP contribution < -0.4 is 5.73 Å². The molecule has 3 rings (SSSR count). The second-order valence-corrected chi connectivity index (χ2v) is 6.24. The normalized spacial score (nSPS) is 17.3. The van der Waals surface area contributed by atoms with Crippen molar-refractivity contribution in [1.82, 2.24) is 14.7 Å². The average molecular weight is 389 g/mol. The first-order valence-electron chi connectivity index (χ1n) is 8.03.